The number of aromatic nitrogens is 1. The first-order valence-corrected chi connectivity index (χ1v) is 16.6. The van der Waals surface area contributed by atoms with Gasteiger partial charge in [0.05, 0.1) is 27.5 Å². The summed E-state index contributed by atoms with van der Waals surface area (Å²) in [4.78, 5) is 5.38. The third-order valence-electron chi connectivity index (χ3n) is 10.0. The fourth-order valence-corrected chi connectivity index (χ4v) is 7.84. The maximum atomic E-state index is 6.63. The van der Waals surface area contributed by atoms with Crippen LogP contribution in [0.1, 0.15) is 11.9 Å². The molecule has 0 radical (unpaired) electrons. The third-order valence-corrected chi connectivity index (χ3v) is 10.0. The quantitative estimate of drug-likeness (QED) is 0.212. The Bertz CT molecular complexity index is 3090. The number of rotatable bonds is 3. The van der Waals surface area contributed by atoms with Crippen LogP contribution in [0.15, 0.2) is 165 Å². The van der Waals surface area contributed by atoms with E-state index in [0.717, 1.165) is 98.6 Å². The van der Waals surface area contributed by atoms with Crippen LogP contribution in [0, 0.1) is 0 Å². The Labute approximate surface area is 279 Å². The van der Waals surface area contributed by atoms with E-state index in [1.807, 2.05) is 24.3 Å². The molecule has 11 rings (SSSR count). The number of nitrogens with zero attached hydrogens (tertiary/aromatic N) is 2. The zero-order valence-corrected chi connectivity index (χ0v) is 26.2. The zero-order chi connectivity index (χ0) is 32.1. The Morgan fingerprint density at radius 2 is 1.18 bits per heavy atom. The molecule has 0 spiro atoms. The van der Waals surface area contributed by atoms with Crippen LogP contribution in [-0.2, 0) is 0 Å². The molecule has 3 aromatic heterocycles. The van der Waals surface area contributed by atoms with Crippen LogP contribution >= 0.6 is 0 Å². The lowest BCUT2D eigenvalue weighted by atomic mass is 10.0. The lowest BCUT2D eigenvalue weighted by molar-refractivity contribution is 0.489. The number of hydrogen-bond acceptors (Lipinski definition) is 4. The molecule has 230 valence electrons. The van der Waals surface area contributed by atoms with Crippen LogP contribution in [0.3, 0.4) is 0 Å². The van der Waals surface area contributed by atoms with Crippen LogP contribution < -0.4 is 15.9 Å². The van der Waals surface area contributed by atoms with Crippen molar-refractivity contribution in [3.63, 3.8) is 0 Å². The van der Waals surface area contributed by atoms with E-state index in [2.05, 4.69) is 137 Å². The van der Waals surface area contributed by atoms with E-state index in [0.29, 0.717) is 0 Å². The van der Waals surface area contributed by atoms with E-state index in [9.17, 15) is 0 Å². The van der Waals surface area contributed by atoms with Crippen molar-refractivity contribution < 1.29 is 8.83 Å². The number of furan rings is 2. The topological polar surface area (TPSA) is 55.6 Å². The number of hydrogen-bond donors (Lipinski definition) is 1. The molecule has 0 saturated heterocycles. The van der Waals surface area contributed by atoms with E-state index in [1.54, 1.807) is 0 Å². The normalized spacial score (nSPS) is 14.6. The number of benzene rings is 7. The van der Waals surface area contributed by atoms with E-state index in [1.165, 1.54) is 0 Å². The summed E-state index contributed by atoms with van der Waals surface area (Å²) in [6, 6.07) is 53.0. The van der Waals surface area contributed by atoms with Crippen molar-refractivity contribution >= 4 is 71.4 Å². The Morgan fingerprint density at radius 3 is 2.02 bits per heavy atom. The van der Waals surface area contributed by atoms with Crippen LogP contribution in [0.5, 0.6) is 0 Å². The average Bonchev–Trinajstić information content (AvgIpc) is 3.84. The highest BCUT2D eigenvalue weighted by molar-refractivity contribution is 6.23. The predicted molar refractivity (Wildman–Crippen MR) is 198 cm³/mol. The Morgan fingerprint density at radius 1 is 0.510 bits per heavy atom. The van der Waals surface area contributed by atoms with Crippen LogP contribution in [0.4, 0.5) is 0 Å². The summed E-state index contributed by atoms with van der Waals surface area (Å²) in [6.07, 6.45) is -0.447. The molecule has 5 heteroatoms. The molecule has 7 aromatic carbocycles. The van der Waals surface area contributed by atoms with E-state index >= 15 is 0 Å². The summed E-state index contributed by atoms with van der Waals surface area (Å²) in [5.74, 6) is 0. The fraction of sp³-hybridized carbons (Fsp3) is 0.0227. The summed E-state index contributed by atoms with van der Waals surface area (Å²) in [5, 5.41) is 12.5. The van der Waals surface area contributed by atoms with Gasteiger partial charge in [-0.05, 0) is 53.6 Å². The fourth-order valence-electron chi connectivity index (χ4n) is 7.84. The number of fused-ring (bicyclic) bond motifs is 11. The van der Waals surface area contributed by atoms with Crippen molar-refractivity contribution in [1.82, 2.24) is 9.88 Å². The first-order valence-electron chi connectivity index (χ1n) is 16.6. The standard InChI is InChI=1S/C44H27N3O2/c1-2-11-26(12-3-1)27-21-22-33-37(25-27)47(36-24-23-31-29-14-6-9-20-39(29)49-43(31)40(33)36)44-45-35-18-7-4-15-32(35)41(46-44)34-17-10-16-30-28-13-5-8-19-38(28)48-42(30)34/h1-25,44,46H. The van der Waals surface area contributed by atoms with Gasteiger partial charge in [0.2, 0.25) is 6.29 Å². The van der Waals surface area contributed by atoms with Crippen LogP contribution in [-0.4, -0.2) is 4.57 Å². The van der Waals surface area contributed by atoms with Crippen molar-refractivity contribution in [1.29, 1.82) is 0 Å². The van der Waals surface area contributed by atoms with Crippen molar-refractivity contribution in [2.75, 3.05) is 0 Å². The Kier molecular flexibility index (Phi) is 5.38. The first-order chi connectivity index (χ1) is 24.3. The maximum absolute atomic E-state index is 6.63. The molecule has 1 unspecified atom stereocenters. The Balaban J connectivity index is 1.21. The van der Waals surface area contributed by atoms with Gasteiger partial charge in [0, 0.05) is 37.7 Å². The van der Waals surface area contributed by atoms with Gasteiger partial charge < -0.3 is 18.7 Å². The first kappa shape index (κ1) is 26.5. The van der Waals surface area contributed by atoms with Crippen molar-refractivity contribution in [2.24, 2.45) is 4.99 Å². The highest BCUT2D eigenvalue weighted by Crippen LogP contribution is 2.42. The highest BCUT2D eigenvalue weighted by Gasteiger charge is 2.26. The highest BCUT2D eigenvalue weighted by atomic mass is 16.3. The molecule has 1 N–H and O–H groups in total. The van der Waals surface area contributed by atoms with E-state index < -0.39 is 6.29 Å². The third kappa shape index (κ3) is 3.78. The summed E-state index contributed by atoms with van der Waals surface area (Å²) < 4.78 is 15.5. The zero-order valence-electron chi connectivity index (χ0n) is 26.2. The van der Waals surface area contributed by atoms with Gasteiger partial charge >= 0.3 is 0 Å². The molecule has 0 saturated carbocycles. The molecular weight excluding hydrogens is 603 g/mol. The SMILES string of the molecule is c1ccc(-c2ccc3c4c5oc6ccccc6c5ccc4n(C4N=c5ccccc5=C(c5cccc6c5oc5ccccc56)N4)c3c2)cc1. The average molecular weight is 630 g/mol. The summed E-state index contributed by atoms with van der Waals surface area (Å²) >= 11 is 0. The second kappa shape index (κ2) is 9.96. The monoisotopic (exact) mass is 629 g/mol. The second-order valence-corrected chi connectivity index (χ2v) is 12.7. The Hall–Kier alpha value is -6.59. The minimum absolute atomic E-state index is 0.447. The second-order valence-electron chi connectivity index (χ2n) is 12.7. The minimum Gasteiger partial charge on any atom is -0.455 e. The molecule has 0 fully saturated rings. The maximum Gasteiger partial charge on any atom is 0.201 e. The molecule has 1 aliphatic heterocycles. The van der Waals surface area contributed by atoms with Gasteiger partial charge in [-0.25, -0.2) is 4.99 Å². The van der Waals surface area contributed by atoms with Crippen LogP contribution in [0.25, 0.3) is 82.5 Å². The van der Waals surface area contributed by atoms with Gasteiger partial charge in [0.15, 0.2) is 0 Å². The van der Waals surface area contributed by atoms with Gasteiger partial charge in [0.1, 0.15) is 22.3 Å². The molecular formula is C44H27N3O2. The van der Waals surface area contributed by atoms with Gasteiger partial charge in [-0.15, -0.1) is 0 Å². The van der Waals surface area contributed by atoms with E-state index in [-0.39, 0.29) is 0 Å². The molecule has 5 nitrogen and oxygen atoms in total. The predicted octanol–water partition coefficient (Wildman–Crippen LogP) is 9.80. The van der Waals surface area contributed by atoms with Crippen LogP contribution in [0.2, 0.25) is 0 Å². The molecule has 0 bridgehead atoms. The van der Waals surface area contributed by atoms with Crippen molar-refractivity contribution in [2.45, 2.75) is 6.29 Å². The summed E-state index contributed by atoms with van der Waals surface area (Å²) in [5.41, 5.74) is 9.94. The molecule has 0 amide bonds. The van der Waals surface area contributed by atoms with Gasteiger partial charge in [-0.1, -0.05) is 109 Å². The molecule has 1 aliphatic rings. The largest absolute Gasteiger partial charge is 0.455 e. The van der Waals surface area contributed by atoms with Crippen molar-refractivity contribution in [3.8, 4) is 11.1 Å². The summed E-state index contributed by atoms with van der Waals surface area (Å²) in [6.45, 7) is 0. The molecule has 49 heavy (non-hydrogen) atoms. The molecule has 10 aromatic rings. The molecule has 1 atom stereocenters. The number of nitrogens with one attached hydrogen (secondary N) is 1. The lowest BCUT2D eigenvalue weighted by Crippen LogP contribution is -2.41. The minimum atomic E-state index is -0.447. The number of para-hydroxylation sites is 4. The van der Waals surface area contributed by atoms with Gasteiger partial charge in [-0.3, -0.25) is 0 Å². The van der Waals surface area contributed by atoms with Gasteiger partial charge in [0.25, 0.3) is 0 Å². The molecule has 4 heterocycles. The van der Waals surface area contributed by atoms with E-state index in [4.69, 9.17) is 13.8 Å². The molecule has 0 aliphatic carbocycles. The van der Waals surface area contributed by atoms with Gasteiger partial charge in [-0.2, -0.15) is 0 Å². The van der Waals surface area contributed by atoms with Crippen molar-refractivity contribution in [3.05, 3.63) is 168 Å². The lowest BCUT2D eigenvalue weighted by Gasteiger charge is -2.25. The smallest absolute Gasteiger partial charge is 0.201 e. The summed E-state index contributed by atoms with van der Waals surface area (Å²) in [7, 11) is 0.